The van der Waals surface area contributed by atoms with Crippen molar-refractivity contribution in [1.29, 1.82) is 0 Å². The van der Waals surface area contributed by atoms with Gasteiger partial charge in [-0.05, 0) is 36.8 Å². The number of anilines is 1. The van der Waals surface area contributed by atoms with Gasteiger partial charge in [-0.2, -0.15) is 0 Å². The molecule has 144 valence electrons. The summed E-state index contributed by atoms with van der Waals surface area (Å²) in [6.45, 7) is 2.03. The highest BCUT2D eigenvalue weighted by molar-refractivity contribution is 9.10. The first-order valence-corrected chi connectivity index (χ1v) is 11.3. The number of esters is 1. The maximum atomic E-state index is 12.6. The third-order valence-corrected chi connectivity index (χ3v) is 6.23. The van der Waals surface area contributed by atoms with Gasteiger partial charge in [0.25, 0.3) is 0 Å². The smallest absolute Gasteiger partial charge is 0.341 e. The number of thioether (sulfide) groups is 1. The molecule has 7 heteroatoms. The maximum Gasteiger partial charge on any atom is 0.341 e. The molecule has 0 spiro atoms. The molecule has 3 rings (SSSR count). The number of nitrogens with one attached hydrogen (secondary N) is 1. The first-order chi connectivity index (χ1) is 13.6. The summed E-state index contributed by atoms with van der Waals surface area (Å²) < 4.78 is 6.18. The minimum atomic E-state index is -0.437. The third-order valence-electron chi connectivity index (χ3n) is 3.79. The van der Waals surface area contributed by atoms with E-state index in [0.29, 0.717) is 10.6 Å². The van der Waals surface area contributed by atoms with Crippen molar-refractivity contribution >= 4 is 55.9 Å². The highest BCUT2D eigenvalue weighted by Crippen LogP contribution is 2.36. The van der Waals surface area contributed by atoms with Crippen LogP contribution in [0.15, 0.2) is 69.3 Å². The normalized spacial score (nSPS) is 10.5. The lowest BCUT2D eigenvalue weighted by atomic mass is 10.0. The molecule has 0 unspecified atom stereocenters. The van der Waals surface area contributed by atoms with Gasteiger partial charge in [0.15, 0.2) is 0 Å². The molecule has 0 saturated heterocycles. The molecule has 0 atom stereocenters. The summed E-state index contributed by atoms with van der Waals surface area (Å²) in [4.78, 5) is 26.0. The van der Waals surface area contributed by atoms with E-state index in [0.717, 1.165) is 20.5 Å². The van der Waals surface area contributed by atoms with Crippen molar-refractivity contribution < 1.29 is 14.3 Å². The Bertz CT molecular complexity index is 956. The molecule has 4 nitrogen and oxygen atoms in total. The topological polar surface area (TPSA) is 55.4 Å². The van der Waals surface area contributed by atoms with Gasteiger partial charge < -0.3 is 10.1 Å². The molecular formula is C21H18BrNO3S2. The largest absolute Gasteiger partial charge is 0.462 e. The van der Waals surface area contributed by atoms with Crippen molar-refractivity contribution in [2.45, 2.75) is 11.8 Å². The molecule has 0 radical (unpaired) electrons. The molecule has 28 heavy (non-hydrogen) atoms. The Morgan fingerprint density at radius 1 is 1.11 bits per heavy atom. The Morgan fingerprint density at radius 2 is 1.82 bits per heavy atom. The fraction of sp³-hybridized carbons (Fsp3) is 0.143. The predicted octanol–water partition coefficient (Wildman–Crippen LogP) is 6.09. The number of rotatable bonds is 7. The Kier molecular flexibility index (Phi) is 7.30. The number of halogens is 1. The van der Waals surface area contributed by atoms with E-state index in [1.165, 1.54) is 23.1 Å². The molecule has 3 aromatic rings. The van der Waals surface area contributed by atoms with Gasteiger partial charge in [-0.1, -0.05) is 46.3 Å². The molecule has 0 aliphatic carbocycles. The van der Waals surface area contributed by atoms with E-state index in [9.17, 15) is 9.59 Å². The first kappa shape index (κ1) is 20.6. The molecule has 0 aliphatic heterocycles. The number of thiophene rings is 1. The molecule has 0 aliphatic rings. The monoisotopic (exact) mass is 475 g/mol. The minimum absolute atomic E-state index is 0.163. The van der Waals surface area contributed by atoms with Crippen LogP contribution >= 0.6 is 39.0 Å². The van der Waals surface area contributed by atoms with Gasteiger partial charge in [0.2, 0.25) is 5.91 Å². The van der Waals surface area contributed by atoms with Crippen molar-refractivity contribution in [3.05, 3.63) is 70.0 Å². The van der Waals surface area contributed by atoms with Crippen LogP contribution in [0.4, 0.5) is 5.00 Å². The lowest BCUT2D eigenvalue weighted by molar-refractivity contribution is -0.113. The Morgan fingerprint density at radius 3 is 2.50 bits per heavy atom. The summed E-state index contributed by atoms with van der Waals surface area (Å²) in [7, 11) is 0. The highest BCUT2D eigenvalue weighted by Gasteiger charge is 2.22. The number of benzene rings is 2. The van der Waals surface area contributed by atoms with E-state index in [1.54, 1.807) is 6.92 Å². The van der Waals surface area contributed by atoms with E-state index in [2.05, 4.69) is 21.2 Å². The quantitative estimate of drug-likeness (QED) is 0.332. The van der Waals surface area contributed by atoms with E-state index in [1.807, 2.05) is 60.0 Å². The second-order valence-corrected chi connectivity index (χ2v) is 8.57. The van der Waals surface area contributed by atoms with Crippen LogP contribution in [0.5, 0.6) is 0 Å². The number of hydrogen-bond donors (Lipinski definition) is 1. The van der Waals surface area contributed by atoms with Crippen molar-refractivity contribution in [3.8, 4) is 11.1 Å². The Hall–Kier alpha value is -2.09. The van der Waals surface area contributed by atoms with Crippen molar-refractivity contribution in [2.24, 2.45) is 0 Å². The van der Waals surface area contributed by atoms with Gasteiger partial charge in [-0.25, -0.2) is 4.79 Å². The van der Waals surface area contributed by atoms with Crippen molar-refractivity contribution in [1.82, 2.24) is 0 Å². The zero-order valence-electron chi connectivity index (χ0n) is 15.1. The number of amides is 1. The predicted molar refractivity (Wildman–Crippen MR) is 119 cm³/mol. The van der Waals surface area contributed by atoms with Crippen LogP contribution in [0, 0.1) is 0 Å². The number of carbonyl (C=O) groups is 2. The van der Waals surface area contributed by atoms with Crippen LogP contribution in [-0.2, 0) is 9.53 Å². The summed E-state index contributed by atoms with van der Waals surface area (Å²) in [6.07, 6.45) is 0. The zero-order chi connectivity index (χ0) is 19.9. The first-order valence-electron chi connectivity index (χ1n) is 8.60. The lowest BCUT2D eigenvalue weighted by Gasteiger charge is -2.09. The van der Waals surface area contributed by atoms with Crippen molar-refractivity contribution in [2.75, 3.05) is 17.7 Å². The minimum Gasteiger partial charge on any atom is -0.462 e. The fourth-order valence-electron chi connectivity index (χ4n) is 2.53. The zero-order valence-corrected chi connectivity index (χ0v) is 18.3. The van der Waals surface area contributed by atoms with Gasteiger partial charge in [0.05, 0.1) is 12.4 Å². The Balaban J connectivity index is 1.80. The highest BCUT2D eigenvalue weighted by atomic mass is 79.9. The molecule has 0 saturated carbocycles. The molecule has 1 heterocycles. The average Bonchev–Trinajstić information content (AvgIpc) is 3.11. The molecule has 1 aromatic heterocycles. The molecule has 0 fully saturated rings. The molecule has 1 amide bonds. The van der Waals surface area contributed by atoms with Gasteiger partial charge in [-0.3, -0.25) is 4.79 Å². The Labute approximate surface area is 180 Å². The van der Waals surface area contributed by atoms with E-state index >= 15 is 0 Å². The van der Waals surface area contributed by atoms with E-state index < -0.39 is 5.97 Å². The summed E-state index contributed by atoms with van der Waals surface area (Å²) in [5.41, 5.74) is 2.04. The van der Waals surface area contributed by atoms with Gasteiger partial charge in [0, 0.05) is 20.3 Å². The van der Waals surface area contributed by atoms with E-state index in [-0.39, 0.29) is 18.3 Å². The number of hydrogen-bond acceptors (Lipinski definition) is 5. The maximum absolute atomic E-state index is 12.6. The second kappa shape index (κ2) is 9.91. The molecule has 2 aromatic carbocycles. The summed E-state index contributed by atoms with van der Waals surface area (Å²) in [6, 6.07) is 17.4. The summed E-state index contributed by atoms with van der Waals surface area (Å²) in [5.74, 6) is -0.339. The van der Waals surface area contributed by atoms with Crippen LogP contribution in [0.25, 0.3) is 11.1 Å². The van der Waals surface area contributed by atoms with Gasteiger partial charge in [-0.15, -0.1) is 23.1 Å². The number of carbonyl (C=O) groups excluding carboxylic acids is 2. The van der Waals surface area contributed by atoms with Crippen LogP contribution in [0.3, 0.4) is 0 Å². The third kappa shape index (κ3) is 5.25. The van der Waals surface area contributed by atoms with Crippen LogP contribution in [-0.4, -0.2) is 24.2 Å². The van der Waals surface area contributed by atoms with Crippen molar-refractivity contribution in [3.63, 3.8) is 0 Å². The molecule has 0 bridgehead atoms. The van der Waals surface area contributed by atoms with Crippen LogP contribution < -0.4 is 5.32 Å². The van der Waals surface area contributed by atoms with Crippen LogP contribution in [0.1, 0.15) is 17.3 Å². The standard InChI is InChI=1S/C21H18BrNO3S2/c1-2-26-21(25)19-17(14-8-10-15(22)11-9-14)12-28-20(19)23-18(24)13-27-16-6-4-3-5-7-16/h3-12H,2,13H2,1H3,(H,23,24). The van der Waals surface area contributed by atoms with E-state index in [4.69, 9.17) is 4.74 Å². The average molecular weight is 476 g/mol. The van der Waals surface area contributed by atoms with Gasteiger partial charge >= 0.3 is 5.97 Å². The molecule has 1 N–H and O–H groups in total. The number of ether oxygens (including phenoxy) is 1. The van der Waals surface area contributed by atoms with Crippen LogP contribution in [0.2, 0.25) is 0 Å². The summed E-state index contributed by atoms with van der Waals surface area (Å²) >= 11 is 6.19. The van der Waals surface area contributed by atoms with Gasteiger partial charge in [0.1, 0.15) is 10.6 Å². The molecular weight excluding hydrogens is 458 g/mol. The second-order valence-electron chi connectivity index (χ2n) is 5.73. The lowest BCUT2D eigenvalue weighted by Crippen LogP contribution is -2.16. The summed E-state index contributed by atoms with van der Waals surface area (Å²) in [5, 5.41) is 5.25. The SMILES string of the molecule is CCOC(=O)c1c(-c2ccc(Br)cc2)csc1NC(=O)CSc1ccccc1. The fourth-order valence-corrected chi connectivity index (χ4v) is 4.48.